The predicted octanol–water partition coefficient (Wildman–Crippen LogP) is 4.66. The van der Waals surface area contributed by atoms with Crippen LogP contribution in [-0.2, 0) is 6.54 Å². The largest absolute Gasteiger partial charge is 0.457 e. The minimum Gasteiger partial charge on any atom is -0.457 e. The summed E-state index contributed by atoms with van der Waals surface area (Å²) in [5.74, 6) is 9.20. The molecule has 1 aliphatic rings. The average Bonchev–Trinajstić information content (AvgIpc) is 3.51. The van der Waals surface area contributed by atoms with E-state index in [2.05, 4.69) is 46.9 Å². The van der Waals surface area contributed by atoms with Crippen molar-refractivity contribution < 1.29 is 4.74 Å². The van der Waals surface area contributed by atoms with Gasteiger partial charge in [-0.3, -0.25) is 0 Å². The van der Waals surface area contributed by atoms with E-state index in [0.29, 0.717) is 0 Å². The number of rotatable bonds is 9. The molecule has 2 aromatic carbocycles. The summed E-state index contributed by atoms with van der Waals surface area (Å²) in [6, 6.07) is 14.4. The molecule has 2 N–H and O–H groups in total. The van der Waals surface area contributed by atoms with Gasteiger partial charge in [0.25, 0.3) is 0 Å². The van der Waals surface area contributed by atoms with E-state index in [4.69, 9.17) is 4.74 Å². The van der Waals surface area contributed by atoms with E-state index in [1.165, 1.54) is 17.7 Å². The molecule has 0 atom stereocenters. The lowest BCUT2D eigenvalue weighted by atomic mass is 10.1. The zero-order valence-corrected chi connectivity index (χ0v) is 17.0. The maximum absolute atomic E-state index is 6.09. The number of nitrogens with one attached hydrogen (secondary N) is 2. The van der Waals surface area contributed by atoms with Crippen LogP contribution in [-0.4, -0.2) is 26.4 Å². The fourth-order valence-corrected chi connectivity index (χ4v) is 3.21. The van der Waals surface area contributed by atoms with Crippen molar-refractivity contribution in [1.82, 2.24) is 10.6 Å². The van der Waals surface area contributed by atoms with Crippen LogP contribution in [0.1, 0.15) is 30.4 Å². The summed E-state index contributed by atoms with van der Waals surface area (Å²) in [5, 5.41) is 6.69. The van der Waals surface area contributed by atoms with Crippen molar-refractivity contribution in [2.24, 2.45) is 5.92 Å². The van der Waals surface area contributed by atoms with Gasteiger partial charge in [-0.1, -0.05) is 11.8 Å². The fourth-order valence-electron chi connectivity index (χ4n) is 2.80. The maximum atomic E-state index is 6.09. The molecule has 0 radical (unpaired) electrons. The van der Waals surface area contributed by atoms with E-state index in [9.17, 15) is 0 Å². The standard InChI is InChI=1S/C23H28N2OS/c1-24-17-20-15-18(5-3-4-14-25-16-19-6-7-19)8-13-23(20)26-21-9-11-22(27-2)12-10-21/h8-13,15,19,24-25H,4,6-7,14,16-17H2,1-2H3. The number of thioether (sulfide) groups is 1. The lowest BCUT2D eigenvalue weighted by Crippen LogP contribution is -2.17. The van der Waals surface area contributed by atoms with Gasteiger partial charge in [-0.25, -0.2) is 0 Å². The summed E-state index contributed by atoms with van der Waals surface area (Å²) in [7, 11) is 1.95. The SMILES string of the molecule is CNCc1cc(C#CCCNCC2CC2)ccc1Oc1ccc(SC)cc1. The van der Waals surface area contributed by atoms with Crippen LogP contribution in [0.25, 0.3) is 0 Å². The second-order valence-corrected chi connectivity index (χ2v) is 7.71. The highest BCUT2D eigenvalue weighted by Crippen LogP contribution is 2.28. The molecule has 1 aliphatic carbocycles. The van der Waals surface area contributed by atoms with Crippen LogP contribution in [0.4, 0.5) is 0 Å². The third kappa shape index (κ3) is 6.62. The molecule has 0 unspecified atom stereocenters. The first-order valence-corrected chi connectivity index (χ1v) is 10.8. The summed E-state index contributed by atoms with van der Waals surface area (Å²) in [6.07, 6.45) is 5.74. The minimum atomic E-state index is 0.747. The van der Waals surface area contributed by atoms with Crippen molar-refractivity contribution in [1.29, 1.82) is 0 Å². The molecule has 3 rings (SSSR count). The minimum absolute atomic E-state index is 0.747. The molecule has 0 heterocycles. The smallest absolute Gasteiger partial charge is 0.132 e. The van der Waals surface area contributed by atoms with Crippen LogP contribution >= 0.6 is 11.8 Å². The van der Waals surface area contributed by atoms with Crippen LogP contribution in [0.3, 0.4) is 0 Å². The van der Waals surface area contributed by atoms with Gasteiger partial charge in [0, 0.05) is 35.5 Å². The number of benzene rings is 2. The maximum Gasteiger partial charge on any atom is 0.132 e. The quantitative estimate of drug-likeness (QED) is 0.377. The molecule has 27 heavy (non-hydrogen) atoms. The third-order valence-corrected chi connectivity index (χ3v) is 5.25. The Labute approximate surface area is 167 Å². The Hall–Kier alpha value is -1.93. The van der Waals surface area contributed by atoms with Crippen molar-refractivity contribution in [3.63, 3.8) is 0 Å². The average molecular weight is 381 g/mol. The third-order valence-electron chi connectivity index (χ3n) is 4.50. The first-order chi connectivity index (χ1) is 13.3. The van der Waals surface area contributed by atoms with E-state index < -0.39 is 0 Å². The van der Waals surface area contributed by atoms with Gasteiger partial charge in [-0.15, -0.1) is 11.8 Å². The monoisotopic (exact) mass is 380 g/mol. The van der Waals surface area contributed by atoms with Gasteiger partial charge in [0.15, 0.2) is 0 Å². The molecule has 4 heteroatoms. The van der Waals surface area contributed by atoms with Crippen molar-refractivity contribution in [2.75, 3.05) is 26.4 Å². The molecular formula is C23H28N2OS. The van der Waals surface area contributed by atoms with Gasteiger partial charge >= 0.3 is 0 Å². The molecule has 2 aromatic rings. The summed E-state index contributed by atoms with van der Waals surface area (Å²) in [5.41, 5.74) is 2.15. The number of hydrogen-bond acceptors (Lipinski definition) is 4. The molecule has 142 valence electrons. The molecule has 1 fully saturated rings. The Morgan fingerprint density at radius 3 is 2.67 bits per heavy atom. The van der Waals surface area contributed by atoms with E-state index in [1.807, 2.05) is 31.3 Å². The van der Waals surface area contributed by atoms with Crippen LogP contribution in [0, 0.1) is 17.8 Å². The van der Waals surface area contributed by atoms with Gasteiger partial charge in [0.2, 0.25) is 0 Å². The van der Waals surface area contributed by atoms with E-state index in [0.717, 1.165) is 54.6 Å². The zero-order valence-electron chi connectivity index (χ0n) is 16.2. The van der Waals surface area contributed by atoms with Crippen LogP contribution < -0.4 is 15.4 Å². The molecule has 0 bridgehead atoms. The molecule has 1 saturated carbocycles. The summed E-state index contributed by atoms with van der Waals surface area (Å²) >= 11 is 1.73. The first kappa shape index (κ1) is 19.8. The predicted molar refractivity (Wildman–Crippen MR) is 115 cm³/mol. The zero-order chi connectivity index (χ0) is 18.9. The molecule has 3 nitrogen and oxygen atoms in total. The van der Waals surface area contributed by atoms with Gasteiger partial charge < -0.3 is 15.4 Å². The van der Waals surface area contributed by atoms with Crippen LogP contribution in [0.15, 0.2) is 47.4 Å². The topological polar surface area (TPSA) is 33.3 Å². The van der Waals surface area contributed by atoms with Crippen molar-refractivity contribution in [2.45, 2.75) is 30.7 Å². The Balaban J connectivity index is 1.60. The van der Waals surface area contributed by atoms with Crippen molar-refractivity contribution in [3.05, 3.63) is 53.6 Å². The summed E-state index contributed by atoms with van der Waals surface area (Å²) in [4.78, 5) is 1.23. The molecule has 0 spiro atoms. The molecule has 0 aromatic heterocycles. The fraction of sp³-hybridized carbons (Fsp3) is 0.391. The van der Waals surface area contributed by atoms with E-state index in [1.54, 1.807) is 11.8 Å². The number of hydrogen-bond donors (Lipinski definition) is 2. The molecular weight excluding hydrogens is 352 g/mol. The highest BCUT2D eigenvalue weighted by molar-refractivity contribution is 7.98. The van der Waals surface area contributed by atoms with Gasteiger partial charge in [0.1, 0.15) is 11.5 Å². The lowest BCUT2D eigenvalue weighted by Gasteiger charge is -2.12. The molecule has 0 amide bonds. The highest BCUT2D eigenvalue weighted by Gasteiger charge is 2.19. The number of ether oxygens (including phenoxy) is 1. The van der Waals surface area contributed by atoms with Crippen LogP contribution in [0.2, 0.25) is 0 Å². The Kier molecular flexibility index (Phi) is 7.65. The Morgan fingerprint density at radius 2 is 1.96 bits per heavy atom. The second kappa shape index (κ2) is 10.4. The van der Waals surface area contributed by atoms with E-state index in [-0.39, 0.29) is 0 Å². The Morgan fingerprint density at radius 1 is 1.15 bits per heavy atom. The molecule has 0 aliphatic heterocycles. The second-order valence-electron chi connectivity index (χ2n) is 6.83. The lowest BCUT2D eigenvalue weighted by molar-refractivity contribution is 0.474. The van der Waals surface area contributed by atoms with Gasteiger partial charge in [0.05, 0.1) is 0 Å². The van der Waals surface area contributed by atoms with Gasteiger partial charge in [-0.2, -0.15) is 0 Å². The first-order valence-electron chi connectivity index (χ1n) is 9.57. The Bertz CT molecular complexity index is 788. The molecule has 0 saturated heterocycles. The van der Waals surface area contributed by atoms with E-state index >= 15 is 0 Å². The van der Waals surface area contributed by atoms with Crippen LogP contribution in [0.5, 0.6) is 11.5 Å². The van der Waals surface area contributed by atoms with Crippen molar-refractivity contribution in [3.8, 4) is 23.3 Å². The van der Waals surface area contributed by atoms with Gasteiger partial charge in [-0.05, 0) is 81.1 Å². The summed E-state index contributed by atoms with van der Waals surface area (Å²) in [6.45, 7) is 2.87. The highest BCUT2D eigenvalue weighted by atomic mass is 32.2. The summed E-state index contributed by atoms with van der Waals surface area (Å²) < 4.78 is 6.09. The van der Waals surface area contributed by atoms with Crippen molar-refractivity contribution >= 4 is 11.8 Å². The normalized spacial score (nSPS) is 13.1.